The molecule has 0 saturated heterocycles. The monoisotopic (exact) mass is 350 g/mol. The predicted molar refractivity (Wildman–Crippen MR) is 112 cm³/mol. The Kier molecular flexibility index (Phi) is 9.79. The van der Waals surface area contributed by atoms with Gasteiger partial charge in [0, 0.05) is 18.8 Å². The van der Waals surface area contributed by atoms with Crippen LogP contribution in [0.4, 0.5) is 0 Å². The first-order chi connectivity index (χ1) is 12.8. The third-order valence-corrected chi connectivity index (χ3v) is 5.16. The molecule has 140 valence electrons. The van der Waals surface area contributed by atoms with Crippen LogP contribution in [0.1, 0.15) is 88.2 Å². The SMILES string of the molecule is CCCCCCCC(=O)CCCCC(c1ccccc1)c1ccccc1. The summed E-state index contributed by atoms with van der Waals surface area (Å²) in [6.45, 7) is 2.23. The van der Waals surface area contributed by atoms with Crippen molar-refractivity contribution in [3.63, 3.8) is 0 Å². The van der Waals surface area contributed by atoms with E-state index in [-0.39, 0.29) is 0 Å². The van der Waals surface area contributed by atoms with Gasteiger partial charge in [-0.05, 0) is 30.4 Å². The van der Waals surface area contributed by atoms with E-state index in [0.29, 0.717) is 11.7 Å². The van der Waals surface area contributed by atoms with E-state index < -0.39 is 0 Å². The van der Waals surface area contributed by atoms with Crippen molar-refractivity contribution in [2.24, 2.45) is 0 Å². The molecule has 0 unspecified atom stereocenters. The third-order valence-electron chi connectivity index (χ3n) is 5.16. The second kappa shape index (κ2) is 12.5. The molecule has 0 aliphatic carbocycles. The Morgan fingerprint density at radius 3 is 1.73 bits per heavy atom. The molecule has 0 radical (unpaired) electrons. The van der Waals surface area contributed by atoms with E-state index in [9.17, 15) is 4.79 Å². The van der Waals surface area contributed by atoms with Crippen molar-refractivity contribution in [3.8, 4) is 0 Å². The van der Waals surface area contributed by atoms with E-state index in [1.165, 1.54) is 36.8 Å². The van der Waals surface area contributed by atoms with Crippen LogP contribution >= 0.6 is 0 Å². The Bertz CT molecular complexity index is 563. The van der Waals surface area contributed by atoms with Crippen LogP contribution in [0.5, 0.6) is 0 Å². The molecule has 0 fully saturated rings. The second-order valence-corrected chi connectivity index (χ2v) is 7.32. The summed E-state index contributed by atoms with van der Waals surface area (Å²) >= 11 is 0. The zero-order chi connectivity index (χ0) is 18.5. The molecule has 0 heterocycles. The minimum atomic E-state index is 0.432. The van der Waals surface area contributed by atoms with E-state index in [0.717, 1.165) is 38.5 Å². The Labute approximate surface area is 159 Å². The quantitative estimate of drug-likeness (QED) is 0.346. The van der Waals surface area contributed by atoms with Crippen molar-refractivity contribution < 1.29 is 4.79 Å². The lowest BCUT2D eigenvalue weighted by Crippen LogP contribution is -2.02. The summed E-state index contributed by atoms with van der Waals surface area (Å²) < 4.78 is 0. The lowest BCUT2D eigenvalue weighted by molar-refractivity contribution is -0.119. The van der Waals surface area contributed by atoms with Gasteiger partial charge in [0.1, 0.15) is 5.78 Å². The molecule has 0 N–H and O–H groups in total. The summed E-state index contributed by atoms with van der Waals surface area (Å²) in [5, 5.41) is 0. The first-order valence-corrected chi connectivity index (χ1v) is 10.4. The van der Waals surface area contributed by atoms with Gasteiger partial charge in [-0.15, -0.1) is 0 Å². The van der Waals surface area contributed by atoms with Crippen LogP contribution in [0.15, 0.2) is 60.7 Å². The lowest BCUT2D eigenvalue weighted by Gasteiger charge is -2.18. The predicted octanol–water partition coefficient (Wildman–Crippen LogP) is 7.31. The molecule has 2 aromatic carbocycles. The summed E-state index contributed by atoms with van der Waals surface area (Å²) in [7, 11) is 0. The lowest BCUT2D eigenvalue weighted by atomic mass is 9.87. The highest BCUT2D eigenvalue weighted by Crippen LogP contribution is 2.29. The molecule has 0 saturated carbocycles. The molecule has 0 bridgehead atoms. The molecule has 2 aromatic rings. The van der Waals surface area contributed by atoms with Crippen LogP contribution in [0.2, 0.25) is 0 Å². The molecule has 1 nitrogen and oxygen atoms in total. The summed E-state index contributed by atoms with van der Waals surface area (Å²) in [5.74, 6) is 0.888. The van der Waals surface area contributed by atoms with Crippen molar-refractivity contribution in [2.45, 2.75) is 77.0 Å². The number of benzene rings is 2. The molecule has 0 aliphatic rings. The Morgan fingerprint density at radius 2 is 1.19 bits per heavy atom. The van der Waals surface area contributed by atoms with Gasteiger partial charge in [0.05, 0.1) is 0 Å². The number of hydrogen-bond acceptors (Lipinski definition) is 1. The largest absolute Gasteiger partial charge is 0.300 e. The molecule has 1 heteroatoms. The van der Waals surface area contributed by atoms with Crippen LogP contribution in [0.25, 0.3) is 0 Å². The fraction of sp³-hybridized carbons (Fsp3) is 0.480. The number of unbranched alkanes of at least 4 members (excludes halogenated alkanes) is 5. The van der Waals surface area contributed by atoms with E-state index in [1.807, 2.05) is 0 Å². The smallest absolute Gasteiger partial charge is 0.132 e. The minimum absolute atomic E-state index is 0.432. The third kappa shape index (κ3) is 7.56. The number of carbonyl (C=O) groups is 1. The maximum absolute atomic E-state index is 12.1. The van der Waals surface area contributed by atoms with Gasteiger partial charge >= 0.3 is 0 Å². The van der Waals surface area contributed by atoms with E-state index in [2.05, 4.69) is 67.6 Å². The molecule has 0 spiro atoms. The van der Waals surface area contributed by atoms with Crippen molar-refractivity contribution in [1.82, 2.24) is 0 Å². The summed E-state index contributed by atoms with van der Waals surface area (Å²) in [6.07, 6.45) is 10.9. The molecular formula is C25H34O. The molecule has 0 aromatic heterocycles. The second-order valence-electron chi connectivity index (χ2n) is 7.32. The Hall–Kier alpha value is -1.89. The number of carbonyl (C=O) groups excluding carboxylic acids is 1. The summed E-state index contributed by atoms with van der Waals surface area (Å²) in [4.78, 5) is 12.1. The van der Waals surface area contributed by atoms with Gasteiger partial charge in [-0.3, -0.25) is 4.79 Å². The summed E-state index contributed by atoms with van der Waals surface area (Å²) in [5.41, 5.74) is 2.75. The standard InChI is InChI=1S/C25H34O/c1-2-3-4-5-12-19-24(26)20-13-14-21-25(22-15-8-6-9-16-22)23-17-10-7-11-18-23/h6-11,15-18,25H,2-5,12-14,19-21H2,1H3. The fourth-order valence-electron chi connectivity index (χ4n) is 3.62. The first kappa shape index (κ1) is 20.4. The highest BCUT2D eigenvalue weighted by Gasteiger charge is 2.13. The van der Waals surface area contributed by atoms with E-state index in [4.69, 9.17) is 0 Å². The van der Waals surface area contributed by atoms with Crippen LogP contribution < -0.4 is 0 Å². The minimum Gasteiger partial charge on any atom is -0.300 e. The zero-order valence-electron chi connectivity index (χ0n) is 16.3. The fourth-order valence-corrected chi connectivity index (χ4v) is 3.62. The number of Topliss-reactive ketones (excluding diaryl/α,β-unsaturated/α-hetero) is 1. The maximum Gasteiger partial charge on any atom is 0.132 e. The topological polar surface area (TPSA) is 17.1 Å². The van der Waals surface area contributed by atoms with Gasteiger partial charge in [0.25, 0.3) is 0 Å². The molecule has 0 amide bonds. The van der Waals surface area contributed by atoms with Crippen LogP contribution in [0, 0.1) is 0 Å². The van der Waals surface area contributed by atoms with Crippen LogP contribution in [-0.4, -0.2) is 5.78 Å². The average Bonchev–Trinajstić information content (AvgIpc) is 2.69. The van der Waals surface area contributed by atoms with E-state index in [1.54, 1.807) is 0 Å². The maximum atomic E-state index is 12.1. The molecule has 0 aliphatic heterocycles. The highest BCUT2D eigenvalue weighted by atomic mass is 16.1. The average molecular weight is 351 g/mol. The Balaban J connectivity index is 1.75. The number of hydrogen-bond donors (Lipinski definition) is 0. The number of rotatable bonds is 13. The van der Waals surface area contributed by atoms with E-state index >= 15 is 0 Å². The van der Waals surface area contributed by atoms with Gasteiger partial charge in [0.2, 0.25) is 0 Å². The summed E-state index contributed by atoms with van der Waals surface area (Å²) in [6, 6.07) is 21.5. The molecular weight excluding hydrogens is 316 g/mol. The van der Waals surface area contributed by atoms with Gasteiger partial charge in [-0.25, -0.2) is 0 Å². The molecule has 2 rings (SSSR count). The van der Waals surface area contributed by atoms with Gasteiger partial charge in [0.15, 0.2) is 0 Å². The molecule has 0 atom stereocenters. The number of ketones is 1. The van der Waals surface area contributed by atoms with Crippen molar-refractivity contribution >= 4 is 5.78 Å². The Morgan fingerprint density at radius 1 is 0.692 bits per heavy atom. The van der Waals surface area contributed by atoms with Crippen molar-refractivity contribution in [2.75, 3.05) is 0 Å². The zero-order valence-corrected chi connectivity index (χ0v) is 16.3. The van der Waals surface area contributed by atoms with Crippen molar-refractivity contribution in [3.05, 3.63) is 71.8 Å². The van der Waals surface area contributed by atoms with Gasteiger partial charge in [-0.1, -0.05) is 99.7 Å². The van der Waals surface area contributed by atoms with Gasteiger partial charge in [-0.2, -0.15) is 0 Å². The highest BCUT2D eigenvalue weighted by molar-refractivity contribution is 5.78. The van der Waals surface area contributed by atoms with Crippen molar-refractivity contribution in [1.29, 1.82) is 0 Å². The first-order valence-electron chi connectivity index (χ1n) is 10.4. The van der Waals surface area contributed by atoms with Crippen LogP contribution in [-0.2, 0) is 4.79 Å². The normalized spacial score (nSPS) is 11.0. The van der Waals surface area contributed by atoms with Gasteiger partial charge < -0.3 is 0 Å². The van der Waals surface area contributed by atoms with Crippen LogP contribution in [0.3, 0.4) is 0 Å². The molecule has 26 heavy (non-hydrogen) atoms.